The molecule has 0 saturated carbocycles. The Morgan fingerprint density at radius 3 is 3.00 bits per heavy atom. The van der Waals surface area contributed by atoms with Crippen molar-refractivity contribution in [3.8, 4) is 0 Å². The molecule has 0 saturated heterocycles. The molecule has 2 aromatic rings. The van der Waals surface area contributed by atoms with Crippen molar-refractivity contribution in [2.75, 3.05) is 11.1 Å². The molecule has 0 bridgehead atoms. The SMILES string of the molecule is Cc1cnc(N)nc1NCc1ccncn1. The van der Waals surface area contributed by atoms with E-state index >= 15 is 0 Å². The lowest BCUT2D eigenvalue weighted by atomic mass is 10.3. The number of anilines is 2. The van der Waals surface area contributed by atoms with Crippen molar-refractivity contribution in [2.24, 2.45) is 0 Å². The summed E-state index contributed by atoms with van der Waals surface area (Å²) in [6.45, 7) is 2.50. The Kier molecular flexibility index (Phi) is 2.90. The monoisotopic (exact) mass is 216 g/mol. The quantitative estimate of drug-likeness (QED) is 0.787. The molecule has 0 spiro atoms. The molecule has 0 unspecified atom stereocenters. The van der Waals surface area contributed by atoms with E-state index in [0.29, 0.717) is 6.54 Å². The number of aryl methyl sites for hydroxylation is 1. The maximum absolute atomic E-state index is 5.51. The van der Waals surface area contributed by atoms with Gasteiger partial charge in [0.25, 0.3) is 0 Å². The summed E-state index contributed by atoms with van der Waals surface area (Å²) in [5, 5.41) is 3.15. The van der Waals surface area contributed by atoms with Gasteiger partial charge in [0.2, 0.25) is 5.95 Å². The molecule has 2 heterocycles. The van der Waals surface area contributed by atoms with Gasteiger partial charge in [-0.1, -0.05) is 0 Å². The van der Waals surface area contributed by atoms with Crippen LogP contribution in [0.1, 0.15) is 11.3 Å². The van der Waals surface area contributed by atoms with E-state index in [9.17, 15) is 0 Å². The molecule has 0 aliphatic rings. The van der Waals surface area contributed by atoms with E-state index < -0.39 is 0 Å². The molecule has 0 aliphatic carbocycles. The first-order valence-electron chi connectivity index (χ1n) is 4.83. The molecule has 2 rings (SSSR count). The lowest BCUT2D eigenvalue weighted by molar-refractivity contribution is 0.987. The number of nitrogens with one attached hydrogen (secondary N) is 1. The van der Waals surface area contributed by atoms with Crippen LogP contribution in [0.4, 0.5) is 11.8 Å². The number of hydrogen-bond acceptors (Lipinski definition) is 6. The third kappa shape index (κ3) is 2.41. The van der Waals surface area contributed by atoms with Gasteiger partial charge in [0, 0.05) is 18.0 Å². The first-order chi connectivity index (χ1) is 7.75. The zero-order valence-corrected chi connectivity index (χ0v) is 8.88. The summed E-state index contributed by atoms with van der Waals surface area (Å²) < 4.78 is 0. The van der Waals surface area contributed by atoms with Crippen LogP contribution in [0.25, 0.3) is 0 Å². The van der Waals surface area contributed by atoms with Crippen LogP contribution in [0.5, 0.6) is 0 Å². The zero-order valence-electron chi connectivity index (χ0n) is 8.88. The van der Waals surface area contributed by atoms with Gasteiger partial charge in [-0.2, -0.15) is 4.98 Å². The molecule has 3 N–H and O–H groups in total. The second-order valence-electron chi connectivity index (χ2n) is 3.31. The minimum atomic E-state index is 0.260. The number of nitrogens with two attached hydrogens (primary N) is 1. The molecule has 0 radical (unpaired) electrons. The largest absolute Gasteiger partial charge is 0.368 e. The van der Waals surface area contributed by atoms with E-state index in [1.165, 1.54) is 6.33 Å². The maximum atomic E-state index is 5.51. The fourth-order valence-corrected chi connectivity index (χ4v) is 1.23. The summed E-state index contributed by atoms with van der Waals surface area (Å²) in [6.07, 6.45) is 4.90. The van der Waals surface area contributed by atoms with Crippen molar-refractivity contribution in [3.05, 3.63) is 36.0 Å². The molecular formula is C10H12N6. The first kappa shape index (κ1) is 10.3. The van der Waals surface area contributed by atoms with Crippen molar-refractivity contribution in [2.45, 2.75) is 13.5 Å². The smallest absolute Gasteiger partial charge is 0.221 e. The van der Waals surface area contributed by atoms with Crippen LogP contribution in [0.2, 0.25) is 0 Å². The highest BCUT2D eigenvalue weighted by Crippen LogP contribution is 2.11. The van der Waals surface area contributed by atoms with Crippen LogP contribution in [-0.2, 0) is 6.54 Å². The molecule has 0 aromatic carbocycles. The van der Waals surface area contributed by atoms with Crippen LogP contribution in [-0.4, -0.2) is 19.9 Å². The van der Waals surface area contributed by atoms with Crippen molar-refractivity contribution in [1.82, 2.24) is 19.9 Å². The molecule has 16 heavy (non-hydrogen) atoms. The highest BCUT2D eigenvalue weighted by atomic mass is 15.1. The Labute approximate surface area is 93.0 Å². The molecule has 0 fully saturated rings. The number of nitrogens with zero attached hydrogens (tertiary/aromatic N) is 4. The topological polar surface area (TPSA) is 89.6 Å². The summed E-state index contributed by atoms with van der Waals surface area (Å²) in [7, 11) is 0. The highest BCUT2D eigenvalue weighted by Gasteiger charge is 2.01. The lowest BCUT2D eigenvalue weighted by Crippen LogP contribution is -2.07. The Morgan fingerprint density at radius 1 is 1.38 bits per heavy atom. The van der Waals surface area contributed by atoms with Gasteiger partial charge < -0.3 is 11.1 Å². The van der Waals surface area contributed by atoms with Crippen LogP contribution in [0.15, 0.2) is 24.8 Å². The van der Waals surface area contributed by atoms with Crippen LogP contribution in [0.3, 0.4) is 0 Å². The second kappa shape index (κ2) is 4.52. The minimum absolute atomic E-state index is 0.260. The van der Waals surface area contributed by atoms with Crippen molar-refractivity contribution in [1.29, 1.82) is 0 Å². The third-order valence-electron chi connectivity index (χ3n) is 2.07. The van der Waals surface area contributed by atoms with Crippen molar-refractivity contribution >= 4 is 11.8 Å². The number of hydrogen-bond donors (Lipinski definition) is 2. The summed E-state index contributed by atoms with van der Waals surface area (Å²) in [5.74, 6) is 0.988. The van der Waals surface area contributed by atoms with Gasteiger partial charge in [-0.05, 0) is 13.0 Å². The number of aromatic nitrogens is 4. The summed E-state index contributed by atoms with van der Waals surface area (Å²) in [4.78, 5) is 15.9. The van der Waals surface area contributed by atoms with E-state index in [0.717, 1.165) is 17.1 Å². The molecule has 6 heteroatoms. The molecule has 6 nitrogen and oxygen atoms in total. The summed E-state index contributed by atoms with van der Waals surface area (Å²) in [6, 6.07) is 1.84. The Balaban J connectivity index is 2.08. The Hall–Kier alpha value is -2.24. The molecule has 2 aromatic heterocycles. The second-order valence-corrected chi connectivity index (χ2v) is 3.31. The average molecular weight is 216 g/mol. The van der Waals surface area contributed by atoms with E-state index in [1.54, 1.807) is 12.4 Å². The first-order valence-corrected chi connectivity index (χ1v) is 4.83. The van der Waals surface area contributed by atoms with Gasteiger partial charge in [0.05, 0.1) is 12.2 Å². The number of rotatable bonds is 3. The molecular weight excluding hydrogens is 204 g/mol. The van der Waals surface area contributed by atoms with Gasteiger partial charge in [-0.25, -0.2) is 15.0 Å². The van der Waals surface area contributed by atoms with Crippen molar-refractivity contribution < 1.29 is 0 Å². The fraction of sp³-hybridized carbons (Fsp3) is 0.200. The predicted octanol–water partition coefficient (Wildman–Crippen LogP) is 0.769. The molecule has 0 amide bonds. The van der Waals surface area contributed by atoms with Crippen LogP contribution >= 0.6 is 0 Å². The van der Waals surface area contributed by atoms with Gasteiger partial charge in [0.15, 0.2) is 0 Å². The average Bonchev–Trinajstić information content (AvgIpc) is 2.32. The fourth-order valence-electron chi connectivity index (χ4n) is 1.23. The maximum Gasteiger partial charge on any atom is 0.221 e. The van der Waals surface area contributed by atoms with E-state index in [2.05, 4.69) is 25.3 Å². The van der Waals surface area contributed by atoms with Gasteiger partial charge in [0.1, 0.15) is 12.1 Å². The zero-order chi connectivity index (χ0) is 11.4. The third-order valence-corrected chi connectivity index (χ3v) is 2.07. The summed E-state index contributed by atoms with van der Waals surface area (Å²) >= 11 is 0. The Morgan fingerprint density at radius 2 is 2.25 bits per heavy atom. The minimum Gasteiger partial charge on any atom is -0.368 e. The van der Waals surface area contributed by atoms with E-state index in [-0.39, 0.29) is 5.95 Å². The molecule has 82 valence electrons. The van der Waals surface area contributed by atoms with Crippen LogP contribution in [0, 0.1) is 6.92 Å². The standard InChI is InChI=1S/C10H12N6/c1-7-4-14-10(11)16-9(7)13-5-8-2-3-12-6-15-8/h2-4,6H,5H2,1H3,(H3,11,13,14,16). The van der Waals surface area contributed by atoms with Crippen molar-refractivity contribution in [3.63, 3.8) is 0 Å². The normalized spacial score (nSPS) is 10.1. The van der Waals surface area contributed by atoms with E-state index in [1.807, 2.05) is 13.0 Å². The van der Waals surface area contributed by atoms with Gasteiger partial charge in [-0.3, -0.25) is 0 Å². The van der Waals surface area contributed by atoms with E-state index in [4.69, 9.17) is 5.73 Å². The molecule has 0 atom stereocenters. The van der Waals surface area contributed by atoms with Gasteiger partial charge in [-0.15, -0.1) is 0 Å². The number of nitrogen functional groups attached to an aromatic ring is 1. The Bertz CT molecular complexity index is 470. The lowest BCUT2D eigenvalue weighted by Gasteiger charge is -2.07. The van der Waals surface area contributed by atoms with Crippen LogP contribution < -0.4 is 11.1 Å². The summed E-state index contributed by atoms with van der Waals surface area (Å²) in [5.41, 5.74) is 7.35. The predicted molar refractivity (Wildman–Crippen MR) is 60.5 cm³/mol. The van der Waals surface area contributed by atoms with Gasteiger partial charge >= 0.3 is 0 Å². The highest BCUT2D eigenvalue weighted by molar-refractivity contribution is 5.45. The molecule has 0 aliphatic heterocycles.